The van der Waals surface area contributed by atoms with Crippen LogP contribution in [-0.2, 0) is 6.42 Å². The van der Waals surface area contributed by atoms with Crippen molar-refractivity contribution in [1.82, 2.24) is 20.6 Å². The molecule has 16 heavy (non-hydrogen) atoms. The first-order valence-corrected chi connectivity index (χ1v) is 4.86. The lowest BCUT2D eigenvalue weighted by atomic mass is 10.1. The highest BCUT2D eigenvalue weighted by Crippen LogP contribution is 2.15. The molecule has 2 aromatic rings. The first-order valence-electron chi connectivity index (χ1n) is 4.86. The van der Waals surface area contributed by atoms with Crippen LogP contribution in [0, 0.1) is 5.82 Å². The first-order chi connectivity index (χ1) is 7.81. The first kappa shape index (κ1) is 10.7. The van der Waals surface area contributed by atoms with E-state index in [1.165, 1.54) is 12.4 Å². The molecule has 2 rings (SSSR count). The number of nitrogens with one attached hydrogen (secondary N) is 2. The second-order valence-corrected chi connectivity index (χ2v) is 3.39. The zero-order valence-corrected chi connectivity index (χ0v) is 8.52. The van der Waals surface area contributed by atoms with E-state index in [1.807, 2.05) is 0 Å². The van der Waals surface area contributed by atoms with Crippen LogP contribution in [0.4, 0.5) is 4.39 Å². The largest absolute Gasteiger partial charge is 0.271 e. The Kier molecular flexibility index (Phi) is 3.23. The van der Waals surface area contributed by atoms with Crippen LogP contribution in [0.25, 0.3) is 0 Å². The van der Waals surface area contributed by atoms with Crippen molar-refractivity contribution < 1.29 is 4.39 Å². The molecule has 0 radical (unpaired) electrons. The molecule has 0 spiro atoms. The van der Waals surface area contributed by atoms with Gasteiger partial charge in [-0.3, -0.25) is 10.9 Å². The molecule has 0 aliphatic heterocycles. The molecule has 0 saturated carbocycles. The molecule has 0 aliphatic rings. The number of hydrogen-bond acceptors (Lipinski definition) is 4. The van der Waals surface area contributed by atoms with Gasteiger partial charge in [0.15, 0.2) is 0 Å². The van der Waals surface area contributed by atoms with Crippen molar-refractivity contribution in [3.63, 3.8) is 0 Å². The van der Waals surface area contributed by atoms with Crippen LogP contribution in [0.2, 0.25) is 0 Å². The highest BCUT2D eigenvalue weighted by atomic mass is 19.1. The fourth-order valence-corrected chi connectivity index (χ4v) is 1.50. The van der Waals surface area contributed by atoms with Crippen LogP contribution in [0.1, 0.15) is 17.4 Å². The van der Waals surface area contributed by atoms with Crippen molar-refractivity contribution in [3.05, 3.63) is 47.8 Å². The van der Waals surface area contributed by atoms with Gasteiger partial charge in [0.25, 0.3) is 0 Å². The lowest BCUT2D eigenvalue weighted by molar-refractivity contribution is 0.508. The Bertz CT molecular complexity index is 442. The predicted molar refractivity (Wildman–Crippen MR) is 56.6 cm³/mol. The topological polar surface area (TPSA) is 79.6 Å². The minimum atomic E-state index is -0.278. The van der Waals surface area contributed by atoms with Gasteiger partial charge < -0.3 is 0 Å². The van der Waals surface area contributed by atoms with Crippen LogP contribution >= 0.6 is 0 Å². The van der Waals surface area contributed by atoms with Gasteiger partial charge in [0, 0.05) is 0 Å². The Balaban J connectivity index is 2.17. The number of benzene rings is 1. The summed E-state index contributed by atoms with van der Waals surface area (Å²) in [5, 5.41) is 6.43. The number of H-pyrrole nitrogens is 1. The van der Waals surface area contributed by atoms with Gasteiger partial charge in [0.2, 0.25) is 0 Å². The summed E-state index contributed by atoms with van der Waals surface area (Å²) in [6.45, 7) is 0. The van der Waals surface area contributed by atoms with Crippen molar-refractivity contribution >= 4 is 0 Å². The number of nitrogens with two attached hydrogens (primary N) is 1. The summed E-state index contributed by atoms with van der Waals surface area (Å²) < 4.78 is 13.4. The predicted octanol–water partition coefficient (Wildman–Crippen LogP) is 0.691. The van der Waals surface area contributed by atoms with Crippen LogP contribution in [0.5, 0.6) is 0 Å². The number of aromatic nitrogens is 3. The number of aromatic amines is 1. The summed E-state index contributed by atoms with van der Waals surface area (Å²) in [5.41, 5.74) is 3.16. The lowest BCUT2D eigenvalue weighted by Crippen LogP contribution is -2.30. The molecule has 5 nitrogen and oxygen atoms in total. The number of hydrazine groups is 1. The Morgan fingerprint density at radius 3 is 2.88 bits per heavy atom. The van der Waals surface area contributed by atoms with Crippen molar-refractivity contribution in [3.8, 4) is 0 Å². The highest BCUT2D eigenvalue weighted by molar-refractivity contribution is 5.19. The van der Waals surface area contributed by atoms with E-state index in [0.717, 1.165) is 0 Å². The van der Waals surface area contributed by atoms with Crippen LogP contribution in [0.3, 0.4) is 0 Å². The van der Waals surface area contributed by atoms with Crippen molar-refractivity contribution in [2.75, 3.05) is 0 Å². The van der Waals surface area contributed by atoms with Crippen molar-refractivity contribution in [1.29, 1.82) is 0 Å². The molecule has 4 N–H and O–H groups in total. The molecule has 1 atom stereocenters. The van der Waals surface area contributed by atoms with Gasteiger partial charge >= 0.3 is 0 Å². The zero-order valence-electron chi connectivity index (χ0n) is 8.52. The summed E-state index contributed by atoms with van der Waals surface area (Å²) in [7, 11) is 0. The summed E-state index contributed by atoms with van der Waals surface area (Å²) in [6.07, 6.45) is 1.80. The number of halogens is 1. The molecule has 1 heterocycles. The third kappa shape index (κ3) is 2.23. The van der Waals surface area contributed by atoms with E-state index in [4.69, 9.17) is 5.84 Å². The Morgan fingerprint density at radius 1 is 1.44 bits per heavy atom. The molecule has 0 fully saturated rings. The molecule has 84 valence electrons. The third-order valence-corrected chi connectivity index (χ3v) is 2.35. The van der Waals surface area contributed by atoms with Crippen LogP contribution < -0.4 is 11.3 Å². The Morgan fingerprint density at radius 2 is 2.25 bits per heavy atom. The van der Waals surface area contributed by atoms with Gasteiger partial charge in [-0.25, -0.2) is 14.8 Å². The van der Waals surface area contributed by atoms with Crippen LogP contribution in [0.15, 0.2) is 30.6 Å². The second-order valence-electron chi connectivity index (χ2n) is 3.39. The molecular weight excluding hydrogens is 209 g/mol. The second kappa shape index (κ2) is 4.82. The van der Waals surface area contributed by atoms with E-state index in [2.05, 4.69) is 20.6 Å². The monoisotopic (exact) mass is 221 g/mol. The number of rotatable bonds is 4. The SMILES string of the molecule is NNC(Cc1ccccc1F)c1ncn[nH]1. The summed E-state index contributed by atoms with van der Waals surface area (Å²) in [4.78, 5) is 3.98. The van der Waals surface area contributed by atoms with Crippen molar-refractivity contribution in [2.24, 2.45) is 5.84 Å². The average molecular weight is 221 g/mol. The summed E-state index contributed by atoms with van der Waals surface area (Å²) in [6, 6.07) is 6.29. The van der Waals surface area contributed by atoms with Gasteiger partial charge in [0.1, 0.15) is 18.0 Å². The lowest BCUT2D eigenvalue weighted by Gasteiger charge is -2.13. The molecule has 0 aliphatic carbocycles. The maximum atomic E-state index is 13.4. The molecule has 0 saturated heterocycles. The van der Waals surface area contributed by atoms with E-state index >= 15 is 0 Å². The molecule has 0 amide bonds. The maximum Gasteiger partial charge on any atom is 0.143 e. The summed E-state index contributed by atoms with van der Waals surface area (Å²) >= 11 is 0. The Hall–Kier alpha value is -1.79. The number of hydrogen-bond donors (Lipinski definition) is 3. The fraction of sp³-hybridized carbons (Fsp3) is 0.200. The fourth-order valence-electron chi connectivity index (χ4n) is 1.50. The molecular formula is C10H12FN5. The highest BCUT2D eigenvalue weighted by Gasteiger charge is 2.15. The smallest absolute Gasteiger partial charge is 0.143 e. The van der Waals surface area contributed by atoms with E-state index in [0.29, 0.717) is 17.8 Å². The minimum absolute atomic E-state index is 0.248. The normalized spacial score (nSPS) is 12.6. The van der Waals surface area contributed by atoms with Gasteiger partial charge in [-0.05, 0) is 18.1 Å². The van der Waals surface area contributed by atoms with Gasteiger partial charge in [0.05, 0.1) is 6.04 Å². The Labute approximate surface area is 91.9 Å². The van der Waals surface area contributed by atoms with E-state index < -0.39 is 0 Å². The van der Waals surface area contributed by atoms with E-state index in [9.17, 15) is 4.39 Å². The molecule has 0 bridgehead atoms. The maximum absolute atomic E-state index is 13.4. The third-order valence-electron chi connectivity index (χ3n) is 2.35. The van der Waals surface area contributed by atoms with Gasteiger partial charge in [-0.2, -0.15) is 5.10 Å². The molecule has 1 aromatic carbocycles. The minimum Gasteiger partial charge on any atom is -0.271 e. The zero-order chi connectivity index (χ0) is 11.4. The molecule has 1 unspecified atom stereocenters. The summed E-state index contributed by atoms with van der Waals surface area (Å²) in [5.74, 6) is 5.74. The van der Waals surface area contributed by atoms with Crippen LogP contribution in [-0.4, -0.2) is 15.2 Å². The quantitative estimate of drug-likeness (QED) is 0.524. The number of nitrogens with zero attached hydrogens (tertiary/aromatic N) is 2. The standard InChI is InChI=1S/C10H12FN5/c11-8-4-2-1-3-7(8)5-9(15-12)10-13-6-14-16-10/h1-4,6,9,15H,5,12H2,(H,13,14,16). The van der Waals surface area contributed by atoms with Crippen molar-refractivity contribution in [2.45, 2.75) is 12.5 Å². The van der Waals surface area contributed by atoms with Gasteiger partial charge in [-0.15, -0.1) is 0 Å². The van der Waals surface area contributed by atoms with E-state index in [-0.39, 0.29) is 11.9 Å². The molecule has 1 aromatic heterocycles. The average Bonchev–Trinajstić information content (AvgIpc) is 2.81. The van der Waals surface area contributed by atoms with Gasteiger partial charge in [-0.1, -0.05) is 18.2 Å². The van der Waals surface area contributed by atoms with E-state index in [1.54, 1.807) is 18.2 Å². The molecule has 6 heteroatoms.